The van der Waals surface area contributed by atoms with Crippen LogP contribution in [0.4, 0.5) is 16.2 Å². The van der Waals surface area contributed by atoms with Crippen molar-refractivity contribution in [3.8, 4) is 0 Å². The summed E-state index contributed by atoms with van der Waals surface area (Å²) in [5.74, 6) is 0. The van der Waals surface area contributed by atoms with Crippen LogP contribution in [0.2, 0.25) is 0 Å². The summed E-state index contributed by atoms with van der Waals surface area (Å²) < 4.78 is 0. The minimum Gasteiger partial charge on any atom is -0.389 e. The second-order valence-corrected chi connectivity index (χ2v) is 5.26. The van der Waals surface area contributed by atoms with Gasteiger partial charge in [0, 0.05) is 11.4 Å². The van der Waals surface area contributed by atoms with Gasteiger partial charge in [-0.2, -0.15) is 0 Å². The van der Waals surface area contributed by atoms with Gasteiger partial charge >= 0.3 is 6.03 Å². The molecule has 1 atom stereocenters. The maximum absolute atomic E-state index is 12.0. The molecule has 0 aliphatic rings. The number of aliphatic hydroxyl groups is 1. The molecule has 4 nitrogen and oxygen atoms in total. The lowest BCUT2D eigenvalue weighted by Crippen LogP contribution is -2.19. The Morgan fingerprint density at radius 1 is 1.00 bits per heavy atom. The molecule has 0 aromatic heterocycles. The molecule has 0 aliphatic carbocycles. The Hall–Kier alpha value is -2.33. The molecule has 0 heterocycles. The summed E-state index contributed by atoms with van der Waals surface area (Å²) in [5.41, 5.74) is 4.37. The number of aryl methyl sites for hydroxylation is 2. The molecule has 0 fully saturated rings. The molecule has 0 bridgehead atoms. The number of carbonyl (C=O) groups is 1. The van der Waals surface area contributed by atoms with Crippen molar-refractivity contribution in [2.24, 2.45) is 0 Å². The SMILES string of the molecule is Cc1cc(C)cc(NC(=O)Nc2cccc(C(C)O)c2)c1. The van der Waals surface area contributed by atoms with Gasteiger partial charge in [-0.15, -0.1) is 0 Å². The molecule has 21 heavy (non-hydrogen) atoms. The molecule has 2 aromatic carbocycles. The maximum atomic E-state index is 12.0. The highest BCUT2D eigenvalue weighted by atomic mass is 16.3. The first-order valence-corrected chi connectivity index (χ1v) is 6.88. The van der Waals surface area contributed by atoms with E-state index in [1.54, 1.807) is 25.1 Å². The van der Waals surface area contributed by atoms with Gasteiger partial charge in [0.25, 0.3) is 0 Å². The van der Waals surface area contributed by atoms with Gasteiger partial charge in [-0.25, -0.2) is 4.79 Å². The Labute approximate surface area is 124 Å². The van der Waals surface area contributed by atoms with Gasteiger partial charge in [-0.05, 0) is 61.7 Å². The molecular formula is C17H20N2O2. The molecule has 0 aliphatic heterocycles. The minimum absolute atomic E-state index is 0.303. The quantitative estimate of drug-likeness (QED) is 0.797. The second kappa shape index (κ2) is 6.41. The predicted octanol–water partition coefficient (Wildman–Crippen LogP) is 4.00. The van der Waals surface area contributed by atoms with Crippen LogP contribution in [-0.2, 0) is 0 Å². The van der Waals surface area contributed by atoms with Gasteiger partial charge in [-0.1, -0.05) is 18.2 Å². The van der Waals surface area contributed by atoms with Crippen molar-refractivity contribution in [1.29, 1.82) is 0 Å². The molecule has 0 radical (unpaired) electrons. The van der Waals surface area contributed by atoms with E-state index in [9.17, 15) is 9.90 Å². The first-order valence-electron chi connectivity index (χ1n) is 6.88. The molecule has 2 amide bonds. The summed E-state index contributed by atoms with van der Waals surface area (Å²) in [6, 6.07) is 12.7. The summed E-state index contributed by atoms with van der Waals surface area (Å²) in [4.78, 5) is 12.0. The van der Waals surface area contributed by atoms with Gasteiger partial charge in [0.2, 0.25) is 0 Å². The van der Waals surface area contributed by atoms with Crippen molar-refractivity contribution in [1.82, 2.24) is 0 Å². The Morgan fingerprint density at radius 2 is 1.62 bits per heavy atom. The van der Waals surface area contributed by atoms with Crippen LogP contribution in [0.25, 0.3) is 0 Å². The number of anilines is 2. The average Bonchev–Trinajstić information content (AvgIpc) is 2.37. The highest BCUT2D eigenvalue weighted by Crippen LogP contribution is 2.18. The Balaban J connectivity index is 2.06. The van der Waals surface area contributed by atoms with Crippen LogP contribution in [0.1, 0.15) is 29.7 Å². The standard InChI is InChI=1S/C17H20N2O2/c1-11-7-12(2)9-16(8-11)19-17(21)18-15-6-4-5-14(10-15)13(3)20/h4-10,13,20H,1-3H3,(H2,18,19,21). The molecule has 1 unspecified atom stereocenters. The topological polar surface area (TPSA) is 61.4 Å². The number of rotatable bonds is 3. The highest BCUT2D eigenvalue weighted by Gasteiger charge is 2.06. The monoisotopic (exact) mass is 284 g/mol. The molecule has 0 saturated heterocycles. The van der Waals surface area contributed by atoms with Crippen molar-refractivity contribution in [3.63, 3.8) is 0 Å². The highest BCUT2D eigenvalue weighted by molar-refractivity contribution is 5.99. The molecule has 2 aromatic rings. The second-order valence-electron chi connectivity index (χ2n) is 5.26. The van der Waals surface area contributed by atoms with E-state index in [1.807, 2.05) is 32.0 Å². The summed E-state index contributed by atoms with van der Waals surface area (Å²) in [6.07, 6.45) is -0.561. The molecule has 2 rings (SSSR count). The Morgan fingerprint density at radius 3 is 2.24 bits per heavy atom. The maximum Gasteiger partial charge on any atom is 0.323 e. The molecular weight excluding hydrogens is 264 g/mol. The summed E-state index contributed by atoms with van der Waals surface area (Å²) >= 11 is 0. The van der Waals surface area contributed by atoms with Crippen molar-refractivity contribution < 1.29 is 9.90 Å². The Kier molecular flexibility index (Phi) is 4.60. The normalized spacial score (nSPS) is 11.8. The lowest BCUT2D eigenvalue weighted by Gasteiger charge is -2.11. The molecule has 4 heteroatoms. The first-order chi connectivity index (χ1) is 9.94. The van der Waals surface area contributed by atoms with E-state index < -0.39 is 6.10 Å². The van der Waals surface area contributed by atoms with Crippen LogP contribution < -0.4 is 10.6 Å². The number of amides is 2. The third kappa shape index (κ3) is 4.33. The van der Waals surface area contributed by atoms with Gasteiger partial charge in [0.15, 0.2) is 0 Å². The fourth-order valence-electron chi connectivity index (χ4n) is 2.22. The number of urea groups is 1. The molecule has 3 N–H and O–H groups in total. The minimum atomic E-state index is -0.561. The third-order valence-electron chi connectivity index (χ3n) is 3.11. The van der Waals surface area contributed by atoms with E-state index in [4.69, 9.17) is 0 Å². The van der Waals surface area contributed by atoms with Crippen LogP contribution in [0.3, 0.4) is 0 Å². The van der Waals surface area contributed by atoms with Crippen LogP contribution in [0.15, 0.2) is 42.5 Å². The van der Waals surface area contributed by atoms with E-state index in [-0.39, 0.29) is 6.03 Å². The summed E-state index contributed by atoms with van der Waals surface area (Å²) in [6.45, 7) is 5.67. The van der Waals surface area contributed by atoms with Crippen LogP contribution in [0.5, 0.6) is 0 Å². The average molecular weight is 284 g/mol. The van der Waals surface area contributed by atoms with Crippen molar-refractivity contribution >= 4 is 17.4 Å². The van der Waals surface area contributed by atoms with E-state index in [1.165, 1.54) is 0 Å². The van der Waals surface area contributed by atoms with Crippen LogP contribution in [0, 0.1) is 13.8 Å². The summed E-state index contributed by atoms with van der Waals surface area (Å²) in [7, 11) is 0. The van der Waals surface area contributed by atoms with Crippen molar-refractivity contribution in [2.45, 2.75) is 26.9 Å². The fourth-order valence-corrected chi connectivity index (χ4v) is 2.22. The lowest BCUT2D eigenvalue weighted by molar-refractivity contribution is 0.199. The van der Waals surface area contributed by atoms with E-state index in [0.717, 1.165) is 22.4 Å². The number of hydrogen-bond acceptors (Lipinski definition) is 2. The number of carbonyl (C=O) groups excluding carboxylic acids is 1. The molecule has 110 valence electrons. The summed E-state index contributed by atoms with van der Waals surface area (Å²) in [5, 5.41) is 15.1. The third-order valence-corrected chi connectivity index (χ3v) is 3.11. The van der Waals surface area contributed by atoms with E-state index in [2.05, 4.69) is 16.7 Å². The van der Waals surface area contributed by atoms with Crippen LogP contribution >= 0.6 is 0 Å². The van der Waals surface area contributed by atoms with Gasteiger partial charge in [0.1, 0.15) is 0 Å². The zero-order valence-electron chi connectivity index (χ0n) is 12.5. The van der Waals surface area contributed by atoms with Crippen molar-refractivity contribution in [3.05, 3.63) is 59.2 Å². The Bertz CT molecular complexity index is 631. The van der Waals surface area contributed by atoms with Gasteiger partial charge < -0.3 is 15.7 Å². The van der Waals surface area contributed by atoms with Crippen molar-refractivity contribution in [2.75, 3.05) is 10.6 Å². The van der Waals surface area contributed by atoms with E-state index >= 15 is 0 Å². The predicted molar refractivity (Wildman–Crippen MR) is 85.6 cm³/mol. The number of hydrogen-bond donors (Lipinski definition) is 3. The lowest BCUT2D eigenvalue weighted by atomic mass is 10.1. The van der Waals surface area contributed by atoms with Gasteiger partial charge in [-0.3, -0.25) is 0 Å². The number of benzene rings is 2. The van der Waals surface area contributed by atoms with Crippen LogP contribution in [-0.4, -0.2) is 11.1 Å². The van der Waals surface area contributed by atoms with E-state index in [0.29, 0.717) is 5.69 Å². The molecule has 0 spiro atoms. The number of nitrogens with one attached hydrogen (secondary N) is 2. The number of aliphatic hydroxyl groups excluding tert-OH is 1. The first kappa shape index (κ1) is 15.1. The fraction of sp³-hybridized carbons (Fsp3) is 0.235. The molecule has 0 saturated carbocycles. The van der Waals surface area contributed by atoms with Gasteiger partial charge in [0.05, 0.1) is 6.10 Å². The smallest absolute Gasteiger partial charge is 0.323 e. The zero-order chi connectivity index (χ0) is 15.4. The zero-order valence-corrected chi connectivity index (χ0v) is 12.5. The largest absolute Gasteiger partial charge is 0.389 e.